The Balaban J connectivity index is 2.09. The molecule has 0 aromatic carbocycles. The predicted octanol–water partition coefficient (Wildman–Crippen LogP) is 2.28. The molecule has 0 aliphatic carbocycles. The van der Waals surface area contributed by atoms with E-state index in [1.54, 1.807) is 6.20 Å². The molecule has 1 unspecified atom stereocenters. The van der Waals surface area contributed by atoms with Crippen molar-refractivity contribution in [2.45, 2.75) is 32.4 Å². The number of fused-ring (bicyclic) bond motifs is 1. The first-order chi connectivity index (χ1) is 7.75. The summed E-state index contributed by atoms with van der Waals surface area (Å²) in [6.45, 7) is 2.82. The maximum atomic E-state index is 9.84. The Morgan fingerprint density at radius 3 is 3.12 bits per heavy atom. The first-order valence-corrected chi connectivity index (χ1v) is 5.56. The topological polar surface area (TPSA) is 51.2 Å². The molecular formula is C12H14N2O2. The number of imidazole rings is 1. The summed E-state index contributed by atoms with van der Waals surface area (Å²) in [6.07, 6.45) is 3.17. The zero-order valence-corrected chi connectivity index (χ0v) is 9.18. The molecule has 16 heavy (non-hydrogen) atoms. The van der Waals surface area contributed by atoms with Gasteiger partial charge in [0, 0.05) is 6.54 Å². The molecule has 0 spiro atoms. The number of aromatic nitrogens is 2. The summed E-state index contributed by atoms with van der Waals surface area (Å²) in [4.78, 5) is 4.34. The van der Waals surface area contributed by atoms with Crippen molar-refractivity contribution in [3.8, 4) is 11.6 Å². The lowest BCUT2D eigenvalue weighted by atomic mass is 10.1. The van der Waals surface area contributed by atoms with E-state index in [4.69, 9.17) is 4.42 Å². The second-order valence-electron chi connectivity index (χ2n) is 4.23. The van der Waals surface area contributed by atoms with Crippen LogP contribution in [0.4, 0.5) is 0 Å². The number of furan rings is 1. The van der Waals surface area contributed by atoms with Gasteiger partial charge in [-0.1, -0.05) is 0 Å². The highest BCUT2D eigenvalue weighted by atomic mass is 16.3. The van der Waals surface area contributed by atoms with Gasteiger partial charge in [-0.05, 0) is 31.9 Å². The minimum Gasteiger partial charge on any atom is -0.458 e. The Labute approximate surface area is 93.5 Å². The lowest BCUT2D eigenvalue weighted by Gasteiger charge is -2.20. The van der Waals surface area contributed by atoms with Crippen molar-refractivity contribution in [2.24, 2.45) is 0 Å². The number of hydrogen-bond donors (Lipinski definition) is 1. The van der Waals surface area contributed by atoms with E-state index in [1.807, 2.05) is 23.6 Å². The van der Waals surface area contributed by atoms with E-state index in [0.29, 0.717) is 0 Å². The quantitative estimate of drug-likeness (QED) is 0.798. The van der Waals surface area contributed by atoms with Crippen molar-refractivity contribution in [1.82, 2.24) is 9.55 Å². The molecule has 0 fully saturated rings. The lowest BCUT2D eigenvalue weighted by Crippen LogP contribution is -2.15. The summed E-state index contributed by atoms with van der Waals surface area (Å²) < 4.78 is 7.61. The summed E-state index contributed by atoms with van der Waals surface area (Å²) in [5.74, 6) is 2.48. The van der Waals surface area contributed by atoms with E-state index < -0.39 is 0 Å². The van der Waals surface area contributed by atoms with Gasteiger partial charge in [-0.25, -0.2) is 4.98 Å². The molecule has 4 heteroatoms. The SMILES string of the molecule is Cc1ccc(-c2ncc3n2CCCC3O)o1. The lowest BCUT2D eigenvalue weighted by molar-refractivity contribution is 0.139. The predicted molar refractivity (Wildman–Crippen MR) is 58.9 cm³/mol. The molecule has 0 radical (unpaired) electrons. The highest BCUT2D eigenvalue weighted by Crippen LogP contribution is 2.30. The molecule has 1 aliphatic rings. The van der Waals surface area contributed by atoms with E-state index in [1.165, 1.54) is 0 Å². The van der Waals surface area contributed by atoms with E-state index >= 15 is 0 Å². The van der Waals surface area contributed by atoms with Gasteiger partial charge in [-0.15, -0.1) is 0 Å². The van der Waals surface area contributed by atoms with Crippen LogP contribution < -0.4 is 0 Å². The summed E-state index contributed by atoms with van der Waals surface area (Å²) in [6, 6.07) is 3.85. The molecule has 0 saturated heterocycles. The van der Waals surface area contributed by atoms with Crippen molar-refractivity contribution in [3.05, 3.63) is 29.8 Å². The minimum absolute atomic E-state index is 0.383. The summed E-state index contributed by atoms with van der Waals surface area (Å²) in [5.41, 5.74) is 0.898. The number of rotatable bonds is 1. The summed E-state index contributed by atoms with van der Waals surface area (Å²) in [5, 5.41) is 9.84. The van der Waals surface area contributed by atoms with Gasteiger partial charge in [0.1, 0.15) is 5.76 Å². The number of nitrogens with zero attached hydrogens (tertiary/aromatic N) is 2. The molecule has 3 heterocycles. The normalized spacial score (nSPS) is 19.8. The smallest absolute Gasteiger partial charge is 0.176 e. The zero-order chi connectivity index (χ0) is 11.1. The third kappa shape index (κ3) is 1.38. The highest BCUT2D eigenvalue weighted by molar-refractivity contribution is 5.49. The molecule has 1 N–H and O–H groups in total. The number of aryl methyl sites for hydroxylation is 1. The van der Waals surface area contributed by atoms with Crippen LogP contribution in [0, 0.1) is 6.92 Å². The Morgan fingerprint density at radius 1 is 1.50 bits per heavy atom. The average Bonchev–Trinajstić information content (AvgIpc) is 2.84. The van der Waals surface area contributed by atoms with Crippen LogP contribution in [0.25, 0.3) is 11.6 Å². The van der Waals surface area contributed by atoms with Crippen LogP contribution in [-0.4, -0.2) is 14.7 Å². The molecule has 1 atom stereocenters. The van der Waals surface area contributed by atoms with E-state index in [2.05, 4.69) is 4.98 Å². The molecule has 2 aromatic heterocycles. The molecule has 0 amide bonds. The van der Waals surface area contributed by atoms with Crippen molar-refractivity contribution in [1.29, 1.82) is 0 Å². The first-order valence-electron chi connectivity index (χ1n) is 5.56. The van der Waals surface area contributed by atoms with Crippen molar-refractivity contribution in [3.63, 3.8) is 0 Å². The van der Waals surface area contributed by atoms with Crippen LogP contribution in [-0.2, 0) is 6.54 Å². The van der Waals surface area contributed by atoms with E-state index in [0.717, 1.165) is 42.4 Å². The van der Waals surface area contributed by atoms with Gasteiger partial charge in [-0.3, -0.25) is 0 Å². The second kappa shape index (κ2) is 3.49. The maximum absolute atomic E-state index is 9.84. The van der Waals surface area contributed by atoms with Crippen molar-refractivity contribution in [2.75, 3.05) is 0 Å². The number of hydrogen-bond acceptors (Lipinski definition) is 3. The monoisotopic (exact) mass is 218 g/mol. The first kappa shape index (κ1) is 9.66. The van der Waals surface area contributed by atoms with Crippen LogP contribution >= 0.6 is 0 Å². The van der Waals surface area contributed by atoms with Gasteiger partial charge in [-0.2, -0.15) is 0 Å². The standard InChI is InChI=1S/C12H14N2O2/c1-8-4-5-11(16-8)12-13-7-9-10(15)3-2-6-14(9)12/h4-5,7,10,15H,2-3,6H2,1H3. The van der Waals surface area contributed by atoms with Gasteiger partial charge in [0.05, 0.1) is 18.0 Å². The minimum atomic E-state index is -0.383. The largest absolute Gasteiger partial charge is 0.458 e. The second-order valence-corrected chi connectivity index (χ2v) is 4.23. The molecule has 0 saturated carbocycles. The van der Waals surface area contributed by atoms with Crippen LogP contribution in [0.1, 0.15) is 30.4 Å². The zero-order valence-electron chi connectivity index (χ0n) is 9.18. The molecule has 3 rings (SSSR count). The van der Waals surface area contributed by atoms with Crippen LogP contribution in [0.15, 0.2) is 22.7 Å². The van der Waals surface area contributed by atoms with Gasteiger partial charge < -0.3 is 14.1 Å². The Kier molecular flexibility index (Phi) is 2.11. The third-order valence-corrected chi connectivity index (χ3v) is 3.05. The molecule has 84 valence electrons. The summed E-state index contributed by atoms with van der Waals surface area (Å²) >= 11 is 0. The van der Waals surface area contributed by atoms with E-state index in [9.17, 15) is 5.11 Å². The van der Waals surface area contributed by atoms with Crippen LogP contribution in [0.3, 0.4) is 0 Å². The maximum Gasteiger partial charge on any atom is 0.176 e. The highest BCUT2D eigenvalue weighted by Gasteiger charge is 2.22. The summed E-state index contributed by atoms with van der Waals surface area (Å²) in [7, 11) is 0. The molecule has 1 aliphatic heterocycles. The molecule has 2 aromatic rings. The fourth-order valence-electron chi connectivity index (χ4n) is 2.23. The van der Waals surface area contributed by atoms with Crippen molar-refractivity contribution >= 4 is 0 Å². The van der Waals surface area contributed by atoms with Gasteiger partial charge in [0.25, 0.3) is 0 Å². The molecule has 0 bridgehead atoms. The number of aliphatic hydroxyl groups is 1. The fraction of sp³-hybridized carbons (Fsp3) is 0.417. The molecular weight excluding hydrogens is 204 g/mol. The third-order valence-electron chi connectivity index (χ3n) is 3.05. The average molecular weight is 218 g/mol. The number of aliphatic hydroxyl groups excluding tert-OH is 1. The van der Waals surface area contributed by atoms with Crippen LogP contribution in [0.2, 0.25) is 0 Å². The van der Waals surface area contributed by atoms with Crippen molar-refractivity contribution < 1.29 is 9.52 Å². The Morgan fingerprint density at radius 2 is 2.38 bits per heavy atom. The Bertz CT molecular complexity index is 513. The van der Waals surface area contributed by atoms with Gasteiger partial charge in [0.15, 0.2) is 11.6 Å². The molecule has 4 nitrogen and oxygen atoms in total. The van der Waals surface area contributed by atoms with Gasteiger partial charge >= 0.3 is 0 Å². The Hall–Kier alpha value is -1.55. The van der Waals surface area contributed by atoms with Crippen LogP contribution in [0.5, 0.6) is 0 Å². The fourth-order valence-corrected chi connectivity index (χ4v) is 2.23. The van der Waals surface area contributed by atoms with E-state index in [-0.39, 0.29) is 6.10 Å². The van der Waals surface area contributed by atoms with Gasteiger partial charge in [0.2, 0.25) is 0 Å².